The first kappa shape index (κ1) is 20.8. The van der Waals surface area contributed by atoms with E-state index < -0.39 is 5.43 Å². The minimum absolute atomic E-state index is 0.278. The van der Waals surface area contributed by atoms with Crippen molar-refractivity contribution in [3.05, 3.63) is 94.6 Å². The Morgan fingerprint density at radius 3 is 2.35 bits per heavy atom. The molecule has 1 N–H and O–H groups in total. The lowest BCUT2D eigenvalue weighted by atomic mass is 10.1. The SMILES string of the molecule is O=c1c(O)c(-c2ccc(OCCCCl)cc2)n(OCc2ccccc2)c2ccccc12. The molecule has 0 saturated heterocycles. The molecule has 4 rings (SSSR count). The molecule has 0 bridgehead atoms. The van der Waals surface area contributed by atoms with Crippen molar-refractivity contribution in [2.75, 3.05) is 12.5 Å². The van der Waals surface area contributed by atoms with Gasteiger partial charge in [-0.3, -0.25) is 4.79 Å². The van der Waals surface area contributed by atoms with Crippen molar-refractivity contribution in [1.82, 2.24) is 4.73 Å². The summed E-state index contributed by atoms with van der Waals surface area (Å²) in [6.07, 6.45) is 0.752. The smallest absolute Gasteiger partial charge is 0.231 e. The van der Waals surface area contributed by atoms with Gasteiger partial charge in [-0.05, 0) is 48.4 Å². The molecule has 0 radical (unpaired) electrons. The minimum atomic E-state index is -0.437. The van der Waals surface area contributed by atoms with Crippen LogP contribution in [-0.2, 0) is 6.61 Å². The fourth-order valence-corrected chi connectivity index (χ4v) is 3.46. The Bertz CT molecular complexity index is 1220. The van der Waals surface area contributed by atoms with E-state index >= 15 is 0 Å². The zero-order valence-corrected chi connectivity index (χ0v) is 17.6. The lowest BCUT2D eigenvalue weighted by Crippen LogP contribution is -2.19. The molecule has 0 saturated carbocycles. The number of rotatable bonds is 8. The summed E-state index contributed by atoms with van der Waals surface area (Å²) >= 11 is 5.69. The van der Waals surface area contributed by atoms with Crippen LogP contribution in [0, 0.1) is 0 Å². The Labute approximate surface area is 185 Å². The standard InChI is InChI=1S/C25H22ClNO4/c26-15-6-16-30-20-13-11-19(12-14-20)23-25(29)24(28)21-9-4-5-10-22(21)27(23)31-17-18-7-2-1-3-8-18/h1-5,7-14,29H,6,15-17H2. The van der Waals surface area contributed by atoms with Gasteiger partial charge >= 0.3 is 0 Å². The topological polar surface area (TPSA) is 60.7 Å². The number of para-hydroxylation sites is 1. The maximum Gasteiger partial charge on any atom is 0.231 e. The minimum Gasteiger partial charge on any atom is -0.503 e. The summed E-state index contributed by atoms with van der Waals surface area (Å²) in [7, 11) is 0. The molecule has 4 aromatic rings. The highest BCUT2D eigenvalue weighted by atomic mass is 35.5. The molecule has 1 heterocycles. The van der Waals surface area contributed by atoms with Crippen LogP contribution in [0.2, 0.25) is 0 Å². The zero-order valence-electron chi connectivity index (χ0n) is 16.8. The number of aromatic nitrogens is 1. The van der Waals surface area contributed by atoms with Gasteiger partial charge in [-0.2, -0.15) is 4.73 Å². The highest BCUT2D eigenvalue weighted by molar-refractivity contribution is 6.17. The van der Waals surface area contributed by atoms with E-state index in [1.54, 1.807) is 42.5 Å². The monoisotopic (exact) mass is 435 g/mol. The maximum absolute atomic E-state index is 12.8. The summed E-state index contributed by atoms with van der Waals surface area (Å²) in [5.41, 5.74) is 2.05. The van der Waals surface area contributed by atoms with Crippen molar-refractivity contribution in [3.63, 3.8) is 0 Å². The number of alkyl halides is 1. The number of fused-ring (bicyclic) bond motifs is 1. The Morgan fingerprint density at radius 2 is 1.61 bits per heavy atom. The lowest BCUT2D eigenvalue weighted by molar-refractivity contribution is 0.108. The van der Waals surface area contributed by atoms with Gasteiger partial charge in [0.1, 0.15) is 18.1 Å². The third-order valence-electron chi connectivity index (χ3n) is 4.89. The van der Waals surface area contributed by atoms with E-state index in [4.69, 9.17) is 21.2 Å². The van der Waals surface area contributed by atoms with Gasteiger partial charge in [-0.15, -0.1) is 11.6 Å². The van der Waals surface area contributed by atoms with E-state index in [2.05, 4.69) is 0 Å². The van der Waals surface area contributed by atoms with Gasteiger partial charge in [-0.25, -0.2) is 0 Å². The second-order valence-corrected chi connectivity index (χ2v) is 7.39. The first-order valence-electron chi connectivity index (χ1n) is 10.0. The van der Waals surface area contributed by atoms with Crippen molar-refractivity contribution in [2.45, 2.75) is 13.0 Å². The predicted octanol–water partition coefficient (Wildman–Crippen LogP) is 5.01. The normalized spacial score (nSPS) is 10.9. The van der Waals surface area contributed by atoms with E-state index in [1.165, 1.54) is 4.73 Å². The Hall–Kier alpha value is -3.44. The number of hydrogen-bond donors (Lipinski definition) is 1. The predicted molar refractivity (Wildman–Crippen MR) is 123 cm³/mol. The largest absolute Gasteiger partial charge is 0.503 e. The molecular weight excluding hydrogens is 414 g/mol. The number of hydrogen-bond acceptors (Lipinski definition) is 4. The molecule has 0 aliphatic rings. The summed E-state index contributed by atoms with van der Waals surface area (Å²) in [5, 5.41) is 11.2. The summed E-state index contributed by atoms with van der Waals surface area (Å²) in [6, 6.07) is 24.0. The molecule has 0 spiro atoms. The first-order chi connectivity index (χ1) is 15.2. The van der Waals surface area contributed by atoms with Crippen LogP contribution in [0.25, 0.3) is 22.2 Å². The molecule has 6 heteroatoms. The number of halogens is 1. The Balaban J connectivity index is 1.78. The van der Waals surface area contributed by atoms with Crippen LogP contribution in [0.1, 0.15) is 12.0 Å². The van der Waals surface area contributed by atoms with E-state index in [-0.39, 0.29) is 12.4 Å². The van der Waals surface area contributed by atoms with Gasteiger partial charge in [0.05, 0.1) is 17.5 Å². The highest BCUT2D eigenvalue weighted by Crippen LogP contribution is 2.31. The molecule has 158 valence electrons. The zero-order chi connectivity index (χ0) is 21.6. The van der Waals surface area contributed by atoms with Gasteiger partial charge in [0, 0.05) is 11.4 Å². The van der Waals surface area contributed by atoms with Gasteiger partial charge in [0.15, 0.2) is 5.75 Å². The number of nitrogens with zero attached hydrogens (tertiary/aromatic N) is 1. The van der Waals surface area contributed by atoms with Crippen LogP contribution >= 0.6 is 11.6 Å². The quantitative estimate of drug-likeness (QED) is 0.312. The van der Waals surface area contributed by atoms with Crippen LogP contribution in [0.5, 0.6) is 11.5 Å². The first-order valence-corrected chi connectivity index (χ1v) is 10.6. The molecule has 1 aromatic heterocycles. The van der Waals surface area contributed by atoms with Crippen molar-refractivity contribution >= 4 is 22.5 Å². The number of pyridine rings is 1. The van der Waals surface area contributed by atoms with E-state index in [1.807, 2.05) is 36.4 Å². The van der Waals surface area contributed by atoms with Gasteiger partial charge in [-0.1, -0.05) is 42.5 Å². The fourth-order valence-electron chi connectivity index (χ4n) is 3.35. The van der Waals surface area contributed by atoms with Crippen LogP contribution in [0.3, 0.4) is 0 Å². The Morgan fingerprint density at radius 1 is 0.903 bits per heavy atom. The van der Waals surface area contributed by atoms with Gasteiger partial charge < -0.3 is 14.7 Å². The summed E-state index contributed by atoms with van der Waals surface area (Å²) in [4.78, 5) is 18.9. The number of aromatic hydroxyl groups is 1. The summed E-state index contributed by atoms with van der Waals surface area (Å²) in [5.74, 6) is 0.865. The molecule has 0 aliphatic heterocycles. The maximum atomic E-state index is 12.8. The Kier molecular flexibility index (Phi) is 6.43. The molecule has 0 aliphatic carbocycles. The fraction of sp³-hybridized carbons (Fsp3) is 0.160. The molecule has 0 unspecified atom stereocenters. The van der Waals surface area contributed by atoms with Crippen LogP contribution < -0.4 is 15.0 Å². The van der Waals surface area contributed by atoms with Gasteiger partial charge in [0.2, 0.25) is 5.43 Å². The second-order valence-electron chi connectivity index (χ2n) is 7.01. The summed E-state index contributed by atoms with van der Waals surface area (Å²) in [6.45, 7) is 0.800. The van der Waals surface area contributed by atoms with Crippen molar-refractivity contribution in [3.8, 4) is 22.8 Å². The average Bonchev–Trinajstić information content (AvgIpc) is 2.82. The number of ether oxygens (including phenoxy) is 1. The van der Waals surface area contributed by atoms with E-state index in [0.717, 1.165) is 12.0 Å². The van der Waals surface area contributed by atoms with Crippen LogP contribution in [-0.4, -0.2) is 22.3 Å². The third kappa shape index (κ3) is 4.52. The van der Waals surface area contributed by atoms with Crippen molar-refractivity contribution in [2.24, 2.45) is 0 Å². The average molecular weight is 436 g/mol. The summed E-state index contributed by atoms with van der Waals surface area (Å²) < 4.78 is 7.18. The molecule has 5 nitrogen and oxygen atoms in total. The number of benzene rings is 3. The van der Waals surface area contributed by atoms with Gasteiger partial charge in [0.25, 0.3) is 0 Å². The van der Waals surface area contributed by atoms with E-state index in [9.17, 15) is 9.90 Å². The molecule has 0 atom stereocenters. The molecule has 31 heavy (non-hydrogen) atoms. The molecule has 0 fully saturated rings. The lowest BCUT2D eigenvalue weighted by Gasteiger charge is -2.19. The van der Waals surface area contributed by atoms with Crippen LogP contribution in [0.15, 0.2) is 83.7 Å². The second kappa shape index (κ2) is 9.58. The molecular formula is C25H22ClNO4. The van der Waals surface area contributed by atoms with Crippen molar-refractivity contribution < 1.29 is 14.7 Å². The molecule has 0 amide bonds. The van der Waals surface area contributed by atoms with Crippen LogP contribution in [0.4, 0.5) is 0 Å². The van der Waals surface area contributed by atoms with E-state index in [0.29, 0.717) is 40.4 Å². The third-order valence-corrected chi connectivity index (χ3v) is 5.15. The molecule has 3 aromatic carbocycles. The van der Waals surface area contributed by atoms with Crippen molar-refractivity contribution in [1.29, 1.82) is 0 Å². The highest BCUT2D eigenvalue weighted by Gasteiger charge is 2.19.